The Kier molecular flexibility index (Phi) is 7.38. The zero-order chi connectivity index (χ0) is 39.3. The number of benzene rings is 10. The number of anilines is 3. The van der Waals surface area contributed by atoms with E-state index in [9.17, 15) is 0 Å². The standard InChI is InChI=1S/C56H33NOS2/c1-2-10-37-31-40(20-19-34(37)9-1)35-21-25-41(26-22-35)57(48-16-7-15-45-47-32-38-11-3-4-12-39(38)33-52(47)60-55(45)48)42-27-23-36(24-28-42)43-14-8-17-49-53(43)54-50(58-49)30-29-46-44-13-5-6-18-51(44)59-56(46)54/h1-33H. The molecule has 0 saturated carbocycles. The van der Waals surface area contributed by atoms with Crippen molar-refractivity contribution in [2.75, 3.05) is 4.90 Å². The summed E-state index contributed by atoms with van der Waals surface area (Å²) in [5.41, 5.74) is 9.95. The Morgan fingerprint density at radius 2 is 0.967 bits per heavy atom. The molecular weight excluding hydrogens is 767 g/mol. The second-order valence-electron chi connectivity index (χ2n) is 15.6. The molecule has 3 aromatic heterocycles. The number of nitrogens with zero attached hydrogens (tertiary/aromatic N) is 1. The summed E-state index contributed by atoms with van der Waals surface area (Å²) < 4.78 is 11.7. The maximum Gasteiger partial charge on any atom is 0.136 e. The topological polar surface area (TPSA) is 16.4 Å². The van der Waals surface area contributed by atoms with Crippen LogP contribution in [0.3, 0.4) is 0 Å². The first-order valence-electron chi connectivity index (χ1n) is 20.3. The van der Waals surface area contributed by atoms with E-state index in [1.807, 2.05) is 22.7 Å². The lowest BCUT2D eigenvalue weighted by Gasteiger charge is -2.26. The molecule has 2 nitrogen and oxygen atoms in total. The summed E-state index contributed by atoms with van der Waals surface area (Å²) >= 11 is 3.73. The van der Waals surface area contributed by atoms with Gasteiger partial charge in [-0.3, -0.25) is 0 Å². The van der Waals surface area contributed by atoms with Crippen molar-refractivity contribution in [2.24, 2.45) is 0 Å². The van der Waals surface area contributed by atoms with Crippen LogP contribution in [0.15, 0.2) is 205 Å². The van der Waals surface area contributed by atoms with Crippen molar-refractivity contribution in [2.45, 2.75) is 0 Å². The Balaban J connectivity index is 0.976. The number of thiophene rings is 2. The molecule has 0 bridgehead atoms. The molecule has 13 rings (SSSR count). The van der Waals surface area contributed by atoms with Gasteiger partial charge in [-0.05, 0) is 117 Å². The summed E-state index contributed by atoms with van der Waals surface area (Å²) in [6.07, 6.45) is 0. The first kappa shape index (κ1) is 33.7. The van der Waals surface area contributed by atoms with E-state index in [0.29, 0.717) is 0 Å². The molecular formula is C56H33NOS2. The van der Waals surface area contributed by atoms with E-state index < -0.39 is 0 Å². The predicted octanol–water partition coefficient (Wildman–Crippen LogP) is 17.4. The number of rotatable bonds is 5. The highest BCUT2D eigenvalue weighted by molar-refractivity contribution is 7.27. The average molecular weight is 800 g/mol. The second kappa shape index (κ2) is 13.1. The molecule has 10 aromatic carbocycles. The number of hydrogen-bond donors (Lipinski definition) is 0. The van der Waals surface area contributed by atoms with Crippen LogP contribution in [0.5, 0.6) is 0 Å². The largest absolute Gasteiger partial charge is 0.456 e. The molecule has 0 atom stereocenters. The minimum atomic E-state index is 0.911. The number of furan rings is 1. The van der Waals surface area contributed by atoms with Crippen LogP contribution < -0.4 is 4.90 Å². The Labute approximate surface area is 353 Å². The number of hydrogen-bond acceptors (Lipinski definition) is 4. The molecule has 0 aliphatic heterocycles. The van der Waals surface area contributed by atoms with Gasteiger partial charge in [-0.25, -0.2) is 0 Å². The monoisotopic (exact) mass is 799 g/mol. The van der Waals surface area contributed by atoms with Crippen molar-refractivity contribution in [3.05, 3.63) is 200 Å². The molecule has 0 spiro atoms. The molecule has 0 saturated heterocycles. The first-order chi connectivity index (χ1) is 29.7. The average Bonchev–Trinajstić information content (AvgIpc) is 4.00. The molecule has 0 fully saturated rings. The van der Waals surface area contributed by atoms with Gasteiger partial charge >= 0.3 is 0 Å². The Bertz CT molecular complexity index is 3830. The molecule has 0 amide bonds. The fourth-order valence-electron chi connectivity index (χ4n) is 9.36. The quantitative estimate of drug-likeness (QED) is 0.172. The first-order valence-corrected chi connectivity index (χ1v) is 21.9. The van der Waals surface area contributed by atoms with Crippen LogP contribution in [-0.4, -0.2) is 0 Å². The van der Waals surface area contributed by atoms with E-state index in [1.54, 1.807) is 0 Å². The highest BCUT2D eigenvalue weighted by Gasteiger charge is 2.21. The van der Waals surface area contributed by atoms with Gasteiger partial charge in [0.05, 0.1) is 10.4 Å². The zero-order valence-corrected chi connectivity index (χ0v) is 33.9. The lowest BCUT2D eigenvalue weighted by Crippen LogP contribution is -2.10. The fraction of sp³-hybridized carbons (Fsp3) is 0. The maximum absolute atomic E-state index is 6.55. The van der Waals surface area contributed by atoms with Gasteiger partial charge in [-0.15, -0.1) is 22.7 Å². The van der Waals surface area contributed by atoms with E-state index in [2.05, 4.69) is 205 Å². The Morgan fingerprint density at radius 3 is 1.78 bits per heavy atom. The van der Waals surface area contributed by atoms with E-state index in [0.717, 1.165) is 28.1 Å². The minimum Gasteiger partial charge on any atom is -0.456 e. The lowest BCUT2D eigenvalue weighted by molar-refractivity contribution is 0.669. The van der Waals surface area contributed by atoms with Gasteiger partial charge in [0.1, 0.15) is 11.2 Å². The molecule has 0 aliphatic carbocycles. The molecule has 3 heterocycles. The van der Waals surface area contributed by atoms with E-state index in [4.69, 9.17) is 4.42 Å². The Morgan fingerprint density at radius 1 is 0.350 bits per heavy atom. The van der Waals surface area contributed by atoms with Crippen LogP contribution in [0.1, 0.15) is 0 Å². The van der Waals surface area contributed by atoms with Gasteiger partial charge in [-0.2, -0.15) is 0 Å². The third kappa shape index (κ3) is 5.18. The van der Waals surface area contributed by atoms with Crippen molar-refractivity contribution in [1.82, 2.24) is 0 Å². The van der Waals surface area contributed by atoms with Gasteiger partial charge in [0, 0.05) is 57.8 Å². The van der Waals surface area contributed by atoms with Gasteiger partial charge in [0.25, 0.3) is 0 Å². The van der Waals surface area contributed by atoms with Gasteiger partial charge < -0.3 is 9.32 Å². The van der Waals surface area contributed by atoms with E-state index >= 15 is 0 Å². The SMILES string of the molecule is c1ccc2cc(-c3ccc(N(c4ccc(-c5cccc6oc7ccc8c9ccccc9sc8c7c56)cc4)c4cccc5c4sc4cc6ccccc6cc45)cc3)ccc2c1. The van der Waals surface area contributed by atoms with Crippen molar-refractivity contribution >= 4 is 124 Å². The number of fused-ring (bicyclic) bond motifs is 12. The van der Waals surface area contributed by atoms with Crippen LogP contribution >= 0.6 is 22.7 Å². The Hall–Kier alpha value is -7.24. The van der Waals surface area contributed by atoms with Gasteiger partial charge in [0.2, 0.25) is 0 Å². The van der Waals surface area contributed by atoms with Gasteiger partial charge in [0.15, 0.2) is 0 Å². The van der Waals surface area contributed by atoms with E-state index in [-0.39, 0.29) is 0 Å². The zero-order valence-electron chi connectivity index (χ0n) is 32.2. The minimum absolute atomic E-state index is 0.911. The van der Waals surface area contributed by atoms with Crippen LogP contribution in [-0.2, 0) is 0 Å². The van der Waals surface area contributed by atoms with Crippen molar-refractivity contribution < 1.29 is 4.42 Å². The fourth-order valence-corrected chi connectivity index (χ4v) is 11.8. The molecule has 0 aliphatic rings. The van der Waals surface area contributed by atoms with Crippen molar-refractivity contribution in [3.8, 4) is 22.3 Å². The van der Waals surface area contributed by atoms with Crippen LogP contribution in [0.25, 0.3) is 106 Å². The normalized spacial score (nSPS) is 12.0. The lowest BCUT2D eigenvalue weighted by atomic mass is 9.98. The second-order valence-corrected chi connectivity index (χ2v) is 17.7. The molecule has 4 heteroatoms. The molecule has 60 heavy (non-hydrogen) atoms. The summed E-state index contributed by atoms with van der Waals surface area (Å²) in [5, 5.41) is 12.5. The molecule has 13 aromatic rings. The smallest absolute Gasteiger partial charge is 0.136 e. The van der Waals surface area contributed by atoms with Crippen LogP contribution in [0.2, 0.25) is 0 Å². The molecule has 280 valence electrons. The predicted molar refractivity (Wildman–Crippen MR) is 260 cm³/mol. The summed E-state index contributed by atoms with van der Waals surface area (Å²) in [6.45, 7) is 0. The molecule has 0 unspecified atom stereocenters. The third-order valence-electron chi connectivity index (χ3n) is 12.2. The third-order valence-corrected chi connectivity index (χ3v) is 14.6. The van der Waals surface area contributed by atoms with Crippen LogP contribution in [0, 0.1) is 0 Å². The maximum atomic E-state index is 6.55. The van der Waals surface area contributed by atoms with Crippen molar-refractivity contribution in [1.29, 1.82) is 0 Å². The summed E-state index contributed by atoms with van der Waals surface area (Å²) in [4.78, 5) is 2.43. The molecule has 0 radical (unpaired) electrons. The van der Waals surface area contributed by atoms with Gasteiger partial charge in [-0.1, -0.05) is 127 Å². The van der Waals surface area contributed by atoms with Crippen LogP contribution in [0.4, 0.5) is 17.1 Å². The highest BCUT2D eigenvalue weighted by Crippen LogP contribution is 2.48. The highest BCUT2D eigenvalue weighted by atomic mass is 32.1. The van der Waals surface area contributed by atoms with Crippen molar-refractivity contribution in [3.63, 3.8) is 0 Å². The molecule has 0 N–H and O–H groups in total. The van der Waals surface area contributed by atoms with E-state index in [1.165, 1.54) is 95.0 Å². The summed E-state index contributed by atoms with van der Waals surface area (Å²) in [5.74, 6) is 0. The summed E-state index contributed by atoms with van der Waals surface area (Å²) in [7, 11) is 0. The summed E-state index contributed by atoms with van der Waals surface area (Å²) in [6, 6.07) is 73.2.